The van der Waals surface area contributed by atoms with Crippen LogP contribution in [-0.4, -0.2) is 21.4 Å². The van der Waals surface area contributed by atoms with Gasteiger partial charge in [0.1, 0.15) is 6.29 Å². The van der Waals surface area contributed by atoms with Gasteiger partial charge in [0, 0.05) is 41.5 Å². The zero-order chi connectivity index (χ0) is 22.4. The molecule has 2 aromatic heterocycles. The van der Waals surface area contributed by atoms with E-state index in [4.69, 9.17) is 5.11 Å². The maximum atomic E-state index is 10.5. The number of carbonyl (C=O) groups excluding carboxylic acids is 1. The van der Waals surface area contributed by atoms with E-state index < -0.39 is 0 Å². The molecule has 0 bridgehead atoms. The third-order valence-electron chi connectivity index (χ3n) is 4.74. The molecule has 2 aromatic carbocycles. The van der Waals surface area contributed by atoms with Gasteiger partial charge < -0.3 is 5.11 Å². The highest BCUT2D eigenvalue weighted by Gasteiger charge is 1.96. The number of aromatic nitrogens is 2. The first-order valence-electron chi connectivity index (χ1n) is 10.3. The molecule has 0 saturated carbocycles. The van der Waals surface area contributed by atoms with Crippen LogP contribution in [0.1, 0.15) is 38.2 Å². The average molecular weight is 421 g/mol. The molecular weight excluding hydrogens is 396 g/mol. The Morgan fingerprint density at radius 1 is 0.625 bits per heavy atom. The van der Waals surface area contributed by atoms with Gasteiger partial charge in [-0.3, -0.25) is 14.8 Å². The van der Waals surface area contributed by atoms with Crippen molar-refractivity contribution in [1.82, 2.24) is 9.97 Å². The molecule has 0 aliphatic carbocycles. The summed E-state index contributed by atoms with van der Waals surface area (Å²) in [6, 6.07) is 23.1. The number of aliphatic hydroxyl groups is 1. The number of aliphatic hydroxyl groups excluding tert-OH is 1. The van der Waals surface area contributed by atoms with E-state index in [0.29, 0.717) is 0 Å². The van der Waals surface area contributed by atoms with Gasteiger partial charge in [-0.15, -0.1) is 0 Å². The summed E-state index contributed by atoms with van der Waals surface area (Å²) in [5.74, 6) is 6.10. The van der Waals surface area contributed by atoms with E-state index >= 15 is 0 Å². The first-order chi connectivity index (χ1) is 15.8. The lowest BCUT2D eigenvalue weighted by Gasteiger charge is -2.01. The molecule has 4 rings (SSSR count). The van der Waals surface area contributed by atoms with E-state index in [9.17, 15) is 4.79 Å². The van der Waals surface area contributed by atoms with E-state index in [1.807, 2.05) is 85.2 Å². The monoisotopic (exact) mass is 420 g/mol. The fraction of sp³-hybridized carbons (Fsp3) is 0.107. The minimum absolute atomic E-state index is 0.0675. The first-order valence-corrected chi connectivity index (χ1v) is 10.3. The summed E-state index contributed by atoms with van der Waals surface area (Å²) in [5, 5.41) is 8.89. The van der Waals surface area contributed by atoms with Crippen LogP contribution < -0.4 is 0 Å². The maximum absolute atomic E-state index is 10.5. The number of carbonyl (C=O) groups is 1. The van der Waals surface area contributed by atoms with Crippen molar-refractivity contribution in [3.63, 3.8) is 0 Å². The summed E-state index contributed by atoms with van der Waals surface area (Å²) in [5.41, 5.74) is 6.05. The molecule has 4 aromatic rings. The van der Waals surface area contributed by atoms with Crippen LogP contribution in [0.15, 0.2) is 97.6 Å². The van der Waals surface area contributed by atoms with Crippen molar-refractivity contribution >= 4 is 6.29 Å². The molecule has 0 aliphatic heterocycles. The summed E-state index contributed by atoms with van der Waals surface area (Å²) in [4.78, 5) is 18.4. The number of rotatable bonds is 5. The fourth-order valence-corrected chi connectivity index (χ4v) is 2.87. The molecule has 0 saturated heterocycles. The third-order valence-corrected chi connectivity index (χ3v) is 4.74. The molecule has 0 radical (unpaired) electrons. The fourth-order valence-electron chi connectivity index (χ4n) is 2.87. The number of nitrogens with zero attached hydrogens (tertiary/aromatic N) is 2. The SMILES string of the molecule is O=Cc1ccc(CCc2ccncc2)cc1.OCc1ccc(C#Cc2ccncc2)cc1. The molecule has 2 heterocycles. The van der Waals surface area contributed by atoms with Crippen molar-refractivity contribution in [2.45, 2.75) is 19.4 Å². The molecule has 0 unspecified atom stereocenters. The van der Waals surface area contributed by atoms with Crippen LogP contribution in [-0.2, 0) is 19.4 Å². The molecular formula is C28H24N2O2. The molecule has 158 valence electrons. The van der Waals surface area contributed by atoms with Gasteiger partial charge in [-0.1, -0.05) is 48.2 Å². The van der Waals surface area contributed by atoms with Gasteiger partial charge in [0.25, 0.3) is 0 Å². The lowest BCUT2D eigenvalue weighted by molar-refractivity contribution is 0.112. The predicted molar refractivity (Wildman–Crippen MR) is 126 cm³/mol. The summed E-state index contributed by atoms with van der Waals surface area (Å²) in [6.07, 6.45) is 9.92. The van der Waals surface area contributed by atoms with Gasteiger partial charge >= 0.3 is 0 Å². The van der Waals surface area contributed by atoms with Crippen molar-refractivity contribution in [3.8, 4) is 11.8 Å². The van der Waals surface area contributed by atoms with Crippen LogP contribution in [0.25, 0.3) is 0 Å². The number of pyridine rings is 2. The van der Waals surface area contributed by atoms with Crippen LogP contribution in [0.3, 0.4) is 0 Å². The molecule has 0 atom stereocenters. The molecule has 32 heavy (non-hydrogen) atoms. The van der Waals surface area contributed by atoms with Gasteiger partial charge in [0.15, 0.2) is 0 Å². The highest BCUT2D eigenvalue weighted by molar-refractivity contribution is 5.74. The van der Waals surface area contributed by atoms with E-state index in [1.165, 1.54) is 11.1 Å². The summed E-state index contributed by atoms with van der Waals surface area (Å²) >= 11 is 0. The molecule has 0 fully saturated rings. The third kappa shape index (κ3) is 7.64. The Morgan fingerprint density at radius 3 is 1.62 bits per heavy atom. The second-order valence-electron chi connectivity index (χ2n) is 7.06. The average Bonchev–Trinajstić information content (AvgIpc) is 2.88. The minimum atomic E-state index is 0.0675. The number of aryl methyl sites for hydroxylation is 2. The summed E-state index contributed by atoms with van der Waals surface area (Å²) in [6.45, 7) is 0.0675. The van der Waals surface area contributed by atoms with E-state index in [2.05, 4.69) is 21.8 Å². The lowest BCUT2D eigenvalue weighted by Crippen LogP contribution is -1.91. The van der Waals surface area contributed by atoms with Crippen molar-refractivity contribution in [3.05, 3.63) is 131 Å². The number of hydrogen-bond acceptors (Lipinski definition) is 4. The smallest absolute Gasteiger partial charge is 0.150 e. The van der Waals surface area contributed by atoms with Crippen molar-refractivity contribution < 1.29 is 9.90 Å². The van der Waals surface area contributed by atoms with Gasteiger partial charge in [0.05, 0.1) is 6.61 Å². The van der Waals surface area contributed by atoms with E-state index in [0.717, 1.165) is 41.4 Å². The zero-order valence-electron chi connectivity index (χ0n) is 17.7. The Bertz CT molecular complexity index is 1150. The van der Waals surface area contributed by atoms with Crippen LogP contribution in [0.5, 0.6) is 0 Å². The van der Waals surface area contributed by atoms with E-state index in [-0.39, 0.29) is 6.61 Å². The van der Waals surface area contributed by atoms with E-state index in [1.54, 1.807) is 12.4 Å². The first kappa shape index (κ1) is 22.6. The molecule has 0 amide bonds. The largest absolute Gasteiger partial charge is 0.392 e. The highest BCUT2D eigenvalue weighted by atomic mass is 16.3. The Labute approximate surface area is 188 Å². The molecule has 1 N–H and O–H groups in total. The van der Waals surface area contributed by atoms with Crippen LogP contribution in [0.2, 0.25) is 0 Å². The number of aldehydes is 1. The van der Waals surface area contributed by atoms with Crippen molar-refractivity contribution in [1.29, 1.82) is 0 Å². The standard InChI is InChI=1S/C14H13NO.C14H11NO/c2*16-11-14-5-3-12(4-6-14)1-2-13-7-9-15-10-8-13/h3-11H,1-2H2;3-10,16H,11H2. The lowest BCUT2D eigenvalue weighted by atomic mass is 10.0. The maximum Gasteiger partial charge on any atom is 0.150 e. The topological polar surface area (TPSA) is 63.1 Å². The Hall–Kier alpha value is -4.07. The van der Waals surface area contributed by atoms with Crippen molar-refractivity contribution in [2.75, 3.05) is 0 Å². The van der Waals surface area contributed by atoms with Gasteiger partial charge in [-0.2, -0.15) is 0 Å². The minimum Gasteiger partial charge on any atom is -0.392 e. The van der Waals surface area contributed by atoms with Crippen LogP contribution in [0, 0.1) is 11.8 Å². The van der Waals surface area contributed by atoms with Crippen LogP contribution >= 0.6 is 0 Å². The molecule has 4 nitrogen and oxygen atoms in total. The Kier molecular flexibility index (Phi) is 8.89. The second kappa shape index (κ2) is 12.6. The molecule has 0 spiro atoms. The number of benzene rings is 2. The van der Waals surface area contributed by atoms with Crippen molar-refractivity contribution in [2.24, 2.45) is 0 Å². The Balaban J connectivity index is 0.000000181. The quantitative estimate of drug-likeness (QED) is 0.377. The summed E-state index contributed by atoms with van der Waals surface area (Å²) in [7, 11) is 0. The normalized spacial score (nSPS) is 9.66. The Morgan fingerprint density at radius 2 is 1.09 bits per heavy atom. The second-order valence-corrected chi connectivity index (χ2v) is 7.06. The zero-order valence-corrected chi connectivity index (χ0v) is 17.7. The van der Waals surface area contributed by atoms with Gasteiger partial charge in [-0.05, 0) is 65.9 Å². The van der Waals surface area contributed by atoms with Gasteiger partial charge in [-0.25, -0.2) is 0 Å². The number of hydrogen-bond donors (Lipinski definition) is 1. The predicted octanol–water partition coefficient (Wildman–Crippen LogP) is 4.65. The van der Waals surface area contributed by atoms with Crippen LogP contribution in [0.4, 0.5) is 0 Å². The molecule has 0 aliphatic rings. The highest BCUT2D eigenvalue weighted by Crippen LogP contribution is 2.08. The summed E-state index contributed by atoms with van der Waals surface area (Å²) < 4.78 is 0. The van der Waals surface area contributed by atoms with Gasteiger partial charge in [0.2, 0.25) is 0 Å². The molecule has 4 heteroatoms.